The summed E-state index contributed by atoms with van der Waals surface area (Å²) in [7, 11) is 1.78. The Morgan fingerprint density at radius 1 is 1.12 bits per heavy atom. The molecule has 1 N–H and O–H groups in total. The summed E-state index contributed by atoms with van der Waals surface area (Å²) in [5.41, 5.74) is 0.821. The lowest BCUT2D eigenvalue weighted by Gasteiger charge is -2.36. The van der Waals surface area contributed by atoms with Gasteiger partial charge in [-0.05, 0) is 54.3 Å². The Balaban J connectivity index is 1.37. The second-order valence-electron chi connectivity index (χ2n) is 8.60. The molecule has 10 heteroatoms. The van der Waals surface area contributed by atoms with Gasteiger partial charge < -0.3 is 14.7 Å². The number of fused-ring (bicyclic) bond motifs is 1. The van der Waals surface area contributed by atoms with E-state index in [1.165, 1.54) is 12.1 Å². The van der Waals surface area contributed by atoms with E-state index in [9.17, 15) is 22.8 Å². The molecule has 2 aromatic carbocycles. The van der Waals surface area contributed by atoms with Crippen molar-refractivity contribution in [3.8, 4) is 11.5 Å². The topological polar surface area (TPSA) is 84.7 Å². The maximum Gasteiger partial charge on any atom is 0.416 e. The lowest BCUT2D eigenvalue weighted by molar-refractivity contribution is -0.153. The van der Waals surface area contributed by atoms with Crippen LogP contribution in [-0.4, -0.2) is 44.8 Å². The minimum absolute atomic E-state index is 0.0596. The third-order valence-corrected chi connectivity index (χ3v) is 6.19. The molecule has 1 aliphatic heterocycles. The van der Waals surface area contributed by atoms with Gasteiger partial charge in [0.05, 0.1) is 17.0 Å². The molecule has 2 atom stereocenters. The number of hydrogen-bond donors (Lipinski definition) is 1. The lowest BCUT2D eigenvalue weighted by Crippen LogP contribution is -2.53. The van der Waals surface area contributed by atoms with Crippen molar-refractivity contribution in [2.24, 2.45) is 18.9 Å². The van der Waals surface area contributed by atoms with Crippen molar-refractivity contribution in [3.63, 3.8) is 0 Å². The van der Waals surface area contributed by atoms with E-state index in [1.807, 2.05) is 6.20 Å². The standard InChI is InChI=1S/C23H20F3N3O4/c1-28-9-12-6-16(33-15-4-2-14(3-5-15)23(24,25)26)7-18(20(12)27-28)17-8-19(17)21(30)29-10-13(11-29)22(31)32/h2-7,9,13,17,19H,8,10-11H2,1H3,(H,31,32)/t17-,19+/m0/s1. The maximum atomic E-state index is 12.8. The molecule has 0 spiro atoms. The average molecular weight is 459 g/mol. The van der Waals surface area contributed by atoms with Crippen LogP contribution >= 0.6 is 0 Å². The van der Waals surface area contributed by atoms with Gasteiger partial charge in [-0.1, -0.05) is 0 Å². The number of amides is 1. The normalized spacial score (nSPS) is 20.5. The fourth-order valence-corrected chi connectivity index (χ4v) is 4.30. The van der Waals surface area contributed by atoms with Gasteiger partial charge in [-0.2, -0.15) is 18.3 Å². The molecule has 7 nitrogen and oxygen atoms in total. The van der Waals surface area contributed by atoms with Gasteiger partial charge in [0.1, 0.15) is 11.5 Å². The average Bonchev–Trinajstić information content (AvgIpc) is 3.40. The van der Waals surface area contributed by atoms with Crippen LogP contribution < -0.4 is 4.74 Å². The van der Waals surface area contributed by atoms with Crippen LogP contribution in [0.15, 0.2) is 42.6 Å². The molecule has 1 saturated carbocycles. The second kappa shape index (κ2) is 7.50. The van der Waals surface area contributed by atoms with E-state index < -0.39 is 23.6 Å². The zero-order valence-electron chi connectivity index (χ0n) is 17.5. The number of carbonyl (C=O) groups is 2. The predicted octanol–water partition coefficient (Wildman–Crippen LogP) is 4.03. The number of aryl methyl sites for hydroxylation is 1. The van der Waals surface area contributed by atoms with Crippen LogP contribution in [0.3, 0.4) is 0 Å². The summed E-state index contributed by atoms with van der Waals surface area (Å²) in [5, 5.41) is 14.3. The number of hydrogen-bond acceptors (Lipinski definition) is 4. The maximum absolute atomic E-state index is 12.8. The first-order valence-electron chi connectivity index (χ1n) is 10.4. The van der Waals surface area contributed by atoms with E-state index in [0.29, 0.717) is 12.2 Å². The Morgan fingerprint density at radius 3 is 2.45 bits per heavy atom. The molecule has 1 aromatic heterocycles. The zero-order valence-corrected chi connectivity index (χ0v) is 17.5. The van der Waals surface area contributed by atoms with Crippen LogP contribution in [0.2, 0.25) is 0 Å². The first kappa shape index (κ1) is 21.3. The Morgan fingerprint density at radius 2 is 1.82 bits per heavy atom. The smallest absolute Gasteiger partial charge is 0.416 e. The van der Waals surface area contributed by atoms with Gasteiger partial charge >= 0.3 is 12.1 Å². The summed E-state index contributed by atoms with van der Waals surface area (Å²) in [6.07, 6.45) is -1.98. The number of carbonyl (C=O) groups excluding carboxylic acids is 1. The highest BCUT2D eigenvalue weighted by molar-refractivity contribution is 5.89. The molecule has 0 bridgehead atoms. The molecule has 2 fully saturated rings. The Kier molecular flexibility index (Phi) is 4.84. The van der Waals surface area contributed by atoms with E-state index in [0.717, 1.165) is 28.6 Å². The number of ether oxygens (including phenoxy) is 1. The van der Waals surface area contributed by atoms with Crippen LogP contribution in [-0.2, 0) is 22.8 Å². The second-order valence-corrected chi connectivity index (χ2v) is 8.60. The molecule has 2 aliphatic rings. The number of halogens is 3. The van der Waals surface area contributed by atoms with Crippen molar-refractivity contribution in [1.82, 2.24) is 14.7 Å². The number of carboxylic acid groups (broad SMARTS) is 1. The number of nitrogens with zero attached hydrogens (tertiary/aromatic N) is 3. The Bertz CT molecular complexity index is 1250. The van der Waals surface area contributed by atoms with Crippen molar-refractivity contribution >= 4 is 22.8 Å². The van der Waals surface area contributed by atoms with Crippen molar-refractivity contribution in [3.05, 3.63) is 53.7 Å². The van der Waals surface area contributed by atoms with Crippen LogP contribution in [0.1, 0.15) is 23.5 Å². The molecule has 2 heterocycles. The summed E-state index contributed by atoms with van der Waals surface area (Å²) in [6.45, 7) is 0.459. The van der Waals surface area contributed by atoms with Crippen LogP contribution in [0.5, 0.6) is 11.5 Å². The molecule has 1 aliphatic carbocycles. The number of likely N-dealkylation sites (tertiary alicyclic amines) is 1. The fraction of sp³-hybridized carbons (Fsp3) is 0.348. The third kappa shape index (κ3) is 4.01. The molecule has 33 heavy (non-hydrogen) atoms. The van der Waals surface area contributed by atoms with E-state index >= 15 is 0 Å². The molecule has 0 radical (unpaired) electrons. The van der Waals surface area contributed by atoms with Gasteiger partial charge in [-0.25, -0.2) is 0 Å². The first-order chi connectivity index (χ1) is 15.6. The van der Waals surface area contributed by atoms with Crippen LogP contribution in [0.4, 0.5) is 13.2 Å². The van der Waals surface area contributed by atoms with Crippen molar-refractivity contribution in [1.29, 1.82) is 0 Å². The highest BCUT2D eigenvalue weighted by atomic mass is 19.4. The molecule has 1 amide bonds. The quantitative estimate of drug-likeness (QED) is 0.623. The Hall–Kier alpha value is -3.56. The molecular weight excluding hydrogens is 439 g/mol. The number of alkyl halides is 3. The van der Waals surface area contributed by atoms with Crippen LogP contribution in [0, 0.1) is 11.8 Å². The molecule has 0 unspecified atom stereocenters. The van der Waals surface area contributed by atoms with Gasteiger partial charge in [-0.15, -0.1) is 0 Å². The minimum Gasteiger partial charge on any atom is -0.481 e. The molecule has 1 saturated heterocycles. The monoisotopic (exact) mass is 459 g/mol. The molecule has 172 valence electrons. The zero-order chi connectivity index (χ0) is 23.5. The van der Waals surface area contributed by atoms with Crippen molar-refractivity contribution in [2.75, 3.05) is 13.1 Å². The number of rotatable bonds is 5. The van der Waals surface area contributed by atoms with Gasteiger partial charge in [-0.3, -0.25) is 14.3 Å². The molecule has 3 aromatic rings. The van der Waals surface area contributed by atoms with E-state index in [2.05, 4.69) is 5.10 Å². The summed E-state index contributed by atoms with van der Waals surface area (Å²) in [4.78, 5) is 25.3. The summed E-state index contributed by atoms with van der Waals surface area (Å²) in [5.74, 6) is -1.07. The van der Waals surface area contributed by atoms with Crippen molar-refractivity contribution < 1.29 is 32.6 Å². The third-order valence-electron chi connectivity index (χ3n) is 6.19. The minimum atomic E-state index is -4.42. The summed E-state index contributed by atoms with van der Waals surface area (Å²) < 4.78 is 45.9. The van der Waals surface area contributed by atoms with Crippen LogP contribution in [0.25, 0.3) is 10.9 Å². The molecule has 5 rings (SSSR count). The first-order valence-corrected chi connectivity index (χ1v) is 10.4. The van der Waals surface area contributed by atoms with Gasteiger partial charge in [0.2, 0.25) is 5.91 Å². The van der Waals surface area contributed by atoms with Gasteiger partial charge in [0.15, 0.2) is 0 Å². The SMILES string of the molecule is Cn1cc2cc(Oc3ccc(C(F)(F)F)cc3)cc([C@@H]3C[C@H]3C(=O)N3CC(C(=O)O)C3)c2n1. The predicted molar refractivity (Wildman–Crippen MR) is 111 cm³/mol. The summed E-state index contributed by atoms with van der Waals surface area (Å²) >= 11 is 0. The Labute approximate surface area is 186 Å². The van der Waals surface area contributed by atoms with Gasteiger partial charge in [0.25, 0.3) is 0 Å². The van der Waals surface area contributed by atoms with Gasteiger partial charge in [0, 0.05) is 37.6 Å². The van der Waals surface area contributed by atoms with E-state index in [-0.39, 0.29) is 36.6 Å². The highest BCUT2D eigenvalue weighted by Crippen LogP contribution is 2.51. The number of aromatic nitrogens is 2. The van der Waals surface area contributed by atoms with Crippen molar-refractivity contribution in [2.45, 2.75) is 18.5 Å². The highest BCUT2D eigenvalue weighted by Gasteiger charge is 2.49. The fourth-order valence-electron chi connectivity index (χ4n) is 4.30. The van der Waals surface area contributed by atoms with E-state index in [4.69, 9.17) is 9.84 Å². The number of benzene rings is 2. The lowest BCUT2D eigenvalue weighted by atomic mass is 9.99. The largest absolute Gasteiger partial charge is 0.481 e. The molecular formula is C23H20F3N3O4. The number of carboxylic acids is 1. The number of aliphatic carboxylic acids is 1. The summed E-state index contributed by atoms with van der Waals surface area (Å²) in [6, 6.07) is 8.00. The van der Waals surface area contributed by atoms with E-state index in [1.54, 1.807) is 28.8 Å².